The predicted molar refractivity (Wildman–Crippen MR) is 59.0 cm³/mol. The van der Waals surface area contributed by atoms with Crippen molar-refractivity contribution in [2.24, 2.45) is 0 Å². The number of rotatable bonds is 2. The second kappa shape index (κ2) is 4.80. The Balaban J connectivity index is 0. The van der Waals surface area contributed by atoms with Crippen molar-refractivity contribution >= 4 is 39.8 Å². The molecule has 4 heteroatoms. The quantitative estimate of drug-likeness (QED) is 0.491. The van der Waals surface area contributed by atoms with Crippen LogP contribution < -0.4 is 0 Å². The highest BCUT2D eigenvalue weighted by Crippen LogP contribution is 2.38. The van der Waals surface area contributed by atoms with Crippen molar-refractivity contribution in [1.29, 1.82) is 0 Å². The van der Waals surface area contributed by atoms with Gasteiger partial charge in [-0.25, -0.2) is 0 Å². The molecule has 0 aromatic rings. The van der Waals surface area contributed by atoms with Crippen molar-refractivity contribution in [1.82, 2.24) is 0 Å². The lowest BCUT2D eigenvalue weighted by Crippen LogP contribution is -2.27. The van der Waals surface area contributed by atoms with Gasteiger partial charge in [0, 0.05) is 0 Å². The van der Waals surface area contributed by atoms with Crippen LogP contribution in [0, 0.1) is 0 Å². The summed E-state index contributed by atoms with van der Waals surface area (Å²) in [4.78, 5) is 0. The van der Waals surface area contributed by atoms with Crippen molar-refractivity contribution in [3.05, 3.63) is 0 Å². The highest BCUT2D eigenvalue weighted by atomic mass is 35.7. The Kier molecular flexibility index (Phi) is 6.53. The minimum absolute atomic E-state index is 0. The molecule has 0 radical (unpaired) electrons. The second-order valence-electron chi connectivity index (χ2n) is 2.98. The van der Waals surface area contributed by atoms with E-state index in [-0.39, 0.29) is 11.0 Å². The summed E-state index contributed by atoms with van der Waals surface area (Å²) in [6.45, 7) is 6.44. The van der Waals surface area contributed by atoms with Gasteiger partial charge >= 0.3 is 0 Å². The zero-order chi connectivity index (χ0) is 7.65. The average Bonchev–Trinajstić information content (AvgIpc) is 1.65. The SMILES string of the molecule is CC(C)[Si](Cl)(Cl)C(C)C.[SiH4]. The molecule has 0 aliphatic rings. The van der Waals surface area contributed by atoms with Crippen molar-refractivity contribution < 1.29 is 0 Å². The lowest BCUT2D eigenvalue weighted by molar-refractivity contribution is 0.951. The van der Waals surface area contributed by atoms with E-state index in [4.69, 9.17) is 22.2 Å². The molecular weight excluding hydrogens is 199 g/mol. The Hall–Kier alpha value is 1.01. The van der Waals surface area contributed by atoms with Gasteiger partial charge in [-0.1, -0.05) is 27.7 Å². The van der Waals surface area contributed by atoms with E-state index in [9.17, 15) is 0 Å². The van der Waals surface area contributed by atoms with Crippen LogP contribution in [0.2, 0.25) is 11.1 Å². The molecule has 0 fully saturated rings. The molecule has 0 saturated carbocycles. The third-order valence-electron chi connectivity index (χ3n) is 1.54. The first-order valence-electron chi connectivity index (χ1n) is 3.26. The van der Waals surface area contributed by atoms with Gasteiger partial charge in [-0.3, -0.25) is 0 Å². The van der Waals surface area contributed by atoms with Gasteiger partial charge in [0.25, 0.3) is 6.69 Å². The molecular formula is C6H18Cl2Si2. The molecule has 0 aromatic heterocycles. The molecule has 64 valence electrons. The van der Waals surface area contributed by atoms with Crippen molar-refractivity contribution in [2.75, 3.05) is 0 Å². The third-order valence-corrected chi connectivity index (χ3v) is 9.86. The first-order chi connectivity index (χ1) is 3.89. The van der Waals surface area contributed by atoms with Crippen molar-refractivity contribution in [3.8, 4) is 0 Å². The number of hydrogen-bond donors (Lipinski definition) is 0. The van der Waals surface area contributed by atoms with E-state index >= 15 is 0 Å². The number of hydrogen-bond acceptors (Lipinski definition) is 0. The smallest absolute Gasteiger partial charge is 0.145 e. The van der Waals surface area contributed by atoms with Crippen LogP contribution >= 0.6 is 22.2 Å². The molecule has 0 aromatic carbocycles. The summed E-state index contributed by atoms with van der Waals surface area (Å²) in [6.07, 6.45) is 0. The summed E-state index contributed by atoms with van der Waals surface area (Å²) in [7, 11) is 0. The fraction of sp³-hybridized carbons (Fsp3) is 1.00. The van der Waals surface area contributed by atoms with E-state index in [1.165, 1.54) is 0 Å². The summed E-state index contributed by atoms with van der Waals surface area (Å²) in [5.74, 6) is 0. The summed E-state index contributed by atoms with van der Waals surface area (Å²) in [5.41, 5.74) is 0.918. The maximum Gasteiger partial charge on any atom is 0.256 e. The van der Waals surface area contributed by atoms with Gasteiger partial charge in [0.15, 0.2) is 0 Å². The van der Waals surface area contributed by atoms with E-state index in [2.05, 4.69) is 27.7 Å². The zero-order valence-electron chi connectivity index (χ0n) is 6.41. The largest absolute Gasteiger partial charge is 0.256 e. The molecule has 0 rings (SSSR count). The maximum atomic E-state index is 6.11. The van der Waals surface area contributed by atoms with E-state index in [0.717, 1.165) is 0 Å². The molecule has 0 heterocycles. The van der Waals surface area contributed by atoms with E-state index in [1.54, 1.807) is 0 Å². The van der Waals surface area contributed by atoms with Gasteiger partial charge < -0.3 is 0 Å². The minimum Gasteiger partial charge on any atom is -0.145 e. The zero-order valence-corrected chi connectivity index (χ0v) is 8.92. The van der Waals surface area contributed by atoms with Crippen LogP contribution in [0.1, 0.15) is 27.7 Å². The van der Waals surface area contributed by atoms with Crippen LogP contribution in [-0.4, -0.2) is 17.7 Å². The Bertz CT molecular complexity index is 81.7. The van der Waals surface area contributed by atoms with Crippen LogP contribution in [0.25, 0.3) is 0 Å². The first-order valence-corrected chi connectivity index (χ1v) is 7.44. The fourth-order valence-corrected chi connectivity index (χ4v) is 2.00. The van der Waals surface area contributed by atoms with Crippen molar-refractivity contribution in [2.45, 2.75) is 38.8 Å². The topological polar surface area (TPSA) is 0 Å². The Morgan fingerprint density at radius 2 is 1.10 bits per heavy atom. The summed E-state index contributed by atoms with van der Waals surface area (Å²) < 4.78 is 0. The maximum absolute atomic E-state index is 6.11. The monoisotopic (exact) mass is 216 g/mol. The van der Waals surface area contributed by atoms with Gasteiger partial charge in [-0.15, -0.1) is 22.2 Å². The average molecular weight is 217 g/mol. The molecule has 0 atom stereocenters. The molecule has 0 saturated heterocycles. The summed E-state index contributed by atoms with van der Waals surface area (Å²) >= 11 is 12.2. The molecule has 0 amide bonds. The predicted octanol–water partition coefficient (Wildman–Crippen LogP) is 2.27. The van der Waals surface area contributed by atoms with E-state index in [0.29, 0.717) is 11.1 Å². The first kappa shape index (κ1) is 13.6. The highest BCUT2D eigenvalue weighted by molar-refractivity contribution is 7.46. The van der Waals surface area contributed by atoms with Crippen LogP contribution in [-0.2, 0) is 0 Å². The summed E-state index contributed by atoms with van der Waals surface area (Å²) in [5, 5.41) is 0. The van der Waals surface area contributed by atoms with Gasteiger partial charge in [-0.2, -0.15) is 0 Å². The number of halogens is 2. The van der Waals surface area contributed by atoms with Crippen LogP contribution in [0.5, 0.6) is 0 Å². The molecule has 0 aliphatic carbocycles. The fourth-order valence-electron chi connectivity index (χ4n) is 0.667. The Labute approximate surface area is 78.7 Å². The van der Waals surface area contributed by atoms with Gasteiger partial charge in [0.05, 0.1) is 0 Å². The summed E-state index contributed by atoms with van der Waals surface area (Å²) in [6, 6.07) is 0. The molecule has 10 heavy (non-hydrogen) atoms. The molecule has 0 aliphatic heterocycles. The highest BCUT2D eigenvalue weighted by Gasteiger charge is 2.35. The van der Waals surface area contributed by atoms with Crippen LogP contribution in [0.3, 0.4) is 0 Å². The lowest BCUT2D eigenvalue weighted by atomic mass is 10.5. The molecule has 0 bridgehead atoms. The molecule has 0 unspecified atom stereocenters. The Morgan fingerprint density at radius 3 is 1.10 bits per heavy atom. The standard InChI is InChI=1S/C6H14Cl2Si.H4Si/c1-5(2)9(7,8)6(3)4;/h5-6H,1-4H3;1H4. The molecule has 0 spiro atoms. The Morgan fingerprint density at radius 1 is 0.900 bits per heavy atom. The van der Waals surface area contributed by atoms with Gasteiger partial charge in [-0.05, 0) is 22.0 Å². The normalized spacial score (nSPS) is 12.0. The molecule has 0 N–H and O–H groups in total. The van der Waals surface area contributed by atoms with Crippen LogP contribution in [0.15, 0.2) is 0 Å². The molecule has 0 nitrogen and oxygen atoms in total. The minimum atomic E-state index is -1.91. The third kappa shape index (κ3) is 3.42. The van der Waals surface area contributed by atoms with Crippen LogP contribution in [0.4, 0.5) is 0 Å². The second-order valence-corrected chi connectivity index (χ2v) is 11.0. The van der Waals surface area contributed by atoms with E-state index < -0.39 is 6.69 Å². The lowest BCUT2D eigenvalue weighted by Gasteiger charge is -2.24. The van der Waals surface area contributed by atoms with Crippen molar-refractivity contribution in [3.63, 3.8) is 0 Å². The van der Waals surface area contributed by atoms with Gasteiger partial charge in [0.2, 0.25) is 0 Å². The van der Waals surface area contributed by atoms with Gasteiger partial charge in [0.1, 0.15) is 0 Å². The van der Waals surface area contributed by atoms with E-state index in [1.807, 2.05) is 0 Å².